The van der Waals surface area contributed by atoms with E-state index in [2.05, 4.69) is 6.92 Å². The van der Waals surface area contributed by atoms with Crippen molar-refractivity contribution in [2.24, 2.45) is 0 Å². The van der Waals surface area contributed by atoms with E-state index >= 15 is 0 Å². The van der Waals surface area contributed by atoms with Crippen LogP contribution in [-0.2, 0) is 9.05 Å². The Kier molecular flexibility index (Phi) is 5.58. The van der Waals surface area contributed by atoms with Gasteiger partial charge in [-0.3, -0.25) is 0 Å². The summed E-state index contributed by atoms with van der Waals surface area (Å²) in [6, 6.07) is 0. The minimum absolute atomic E-state index is 0.530. The van der Waals surface area contributed by atoms with Crippen molar-refractivity contribution in [2.45, 2.75) is 75.9 Å². The third kappa shape index (κ3) is 4.25. The van der Waals surface area contributed by atoms with E-state index in [0.717, 1.165) is 32.1 Å². The molecule has 1 saturated carbocycles. The molecule has 1 fully saturated rings. The first-order chi connectivity index (χ1) is 7.52. The molecule has 0 aliphatic heterocycles. The number of hydrogen-bond acceptors (Lipinski definition) is 2. The van der Waals surface area contributed by atoms with E-state index in [4.69, 9.17) is 10.7 Å². The second-order valence-electron chi connectivity index (χ2n) is 4.99. The summed E-state index contributed by atoms with van der Waals surface area (Å²) in [7, 11) is 2.12. The lowest BCUT2D eigenvalue weighted by molar-refractivity contribution is 0.546. The largest absolute Gasteiger partial charge is 0.238 e. The molecule has 2 nitrogen and oxygen atoms in total. The summed E-state index contributed by atoms with van der Waals surface area (Å²) in [6.07, 6.45) is 10.9. The molecule has 0 N–H and O–H groups in total. The Hall–Kier alpha value is 0.240. The molecule has 0 radical (unpaired) electrons. The van der Waals surface area contributed by atoms with E-state index in [-0.39, 0.29) is 0 Å². The van der Waals surface area contributed by atoms with Crippen LogP contribution in [0.15, 0.2) is 0 Å². The molecule has 0 heterocycles. The summed E-state index contributed by atoms with van der Waals surface area (Å²) in [4.78, 5) is 0. The quantitative estimate of drug-likeness (QED) is 0.462. The Balaban J connectivity index is 2.04. The molecule has 16 heavy (non-hydrogen) atoms. The van der Waals surface area contributed by atoms with E-state index in [1.807, 2.05) is 0 Å². The van der Waals surface area contributed by atoms with Crippen molar-refractivity contribution in [1.82, 2.24) is 0 Å². The van der Waals surface area contributed by atoms with E-state index in [9.17, 15) is 8.42 Å². The van der Waals surface area contributed by atoms with Gasteiger partial charge in [0, 0.05) is 10.7 Å². The Labute approximate surface area is 104 Å². The Bertz CT molecular complexity index is 294. The Morgan fingerprint density at radius 1 is 1.00 bits per heavy atom. The van der Waals surface area contributed by atoms with Gasteiger partial charge in [-0.15, -0.1) is 0 Å². The highest BCUT2D eigenvalue weighted by atomic mass is 35.7. The van der Waals surface area contributed by atoms with Crippen LogP contribution in [0.2, 0.25) is 0 Å². The summed E-state index contributed by atoms with van der Waals surface area (Å²) >= 11 is 0. The highest BCUT2D eigenvalue weighted by Crippen LogP contribution is 2.49. The molecule has 1 aliphatic rings. The fourth-order valence-corrected chi connectivity index (χ4v) is 3.83. The summed E-state index contributed by atoms with van der Waals surface area (Å²) in [5.41, 5.74) is 0. The van der Waals surface area contributed by atoms with Crippen molar-refractivity contribution >= 4 is 19.7 Å². The lowest BCUT2D eigenvalue weighted by Gasteiger charge is -2.10. The summed E-state index contributed by atoms with van der Waals surface area (Å²) in [5.74, 6) is 0. The van der Waals surface area contributed by atoms with Crippen molar-refractivity contribution in [1.29, 1.82) is 0 Å². The third-order valence-corrected chi connectivity index (χ3v) is 6.19. The highest BCUT2D eigenvalue weighted by molar-refractivity contribution is 8.15. The predicted octanol–water partition coefficient (Wildman–Crippen LogP) is 4.23. The highest BCUT2D eigenvalue weighted by Gasteiger charge is 2.52. The maximum atomic E-state index is 11.3. The lowest BCUT2D eigenvalue weighted by atomic mass is 10.1. The van der Waals surface area contributed by atoms with Crippen LogP contribution in [0.1, 0.15) is 71.1 Å². The first-order valence-corrected chi connectivity index (χ1v) is 8.77. The van der Waals surface area contributed by atoms with E-state index < -0.39 is 13.8 Å². The molecule has 96 valence electrons. The minimum Gasteiger partial charge on any atom is -0.212 e. The van der Waals surface area contributed by atoms with Crippen LogP contribution >= 0.6 is 10.7 Å². The van der Waals surface area contributed by atoms with E-state index in [0.29, 0.717) is 0 Å². The van der Waals surface area contributed by atoms with Crippen LogP contribution in [0.4, 0.5) is 0 Å². The molecule has 0 spiro atoms. The molecule has 0 unspecified atom stereocenters. The Morgan fingerprint density at radius 2 is 1.50 bits per heavy atom. The molecule has 0 aromatic carbocycles. The number of unbranched alkanes of at least 4 members (excludes halogenated alkanes) is 6. The van der Waals surface area contributed by atoms with Crippen LogP contribution < -0.4 is 0 Å². The van der Waals surface area contributed by atoms with E-state index in [1.54, 1.807) is 0 Å². The fourth-order valence-electron chi connectivity index (χ4n) is 2.16. The van der Waals surface area contributed by atoms with Crippen LogP contribution in [-0.4, -0.2) is 13.2 Å². The standard InChI is InChI=1S/C12H23ClO2S/c1-2-3-4-5-6-7-8-9-12(10-11-12)16(13,14)15/h2-11H2,1H3. The summed E-state index contributed by atoms with van der Waals surface area (Å²) < 4.78 is 22.0. The number of rotatable bonds is 9. The Morgan fingerprint density at radius 3 is 1.94 bits per heavy atom. The van der Waals surface area contributed by atoms with Gasteiger partial charge in [-0.1, -0.05) is 51.9 Å². The molecule has 1 rings (SSSR count). The molecular formula is C12H23ClO2S. The zero-order chi connectivity index (χ0) is 12.1. The third-order valence-electron chi connectivity index (χ3n) is 3.56. The normalized spacial score (nSPS) is 18.6. The van der Waals surface area contributed by atoms with Gasteiger partial charge in [-0.05, 0) is 19.3 Å². The average Bonchev–Trinajstić information content (AvgIpc) is 2.96. The maximum absolute atomic E-state index is 11.3. The second-order valence-corrected chi connectivity index (χ2v) is 7.95. The van der Waals surface area contributed by atoms with Gasteiger partial charge in [-0.2, -0.15) is 0 Å². The average molecular weight is 267 g/mol. The fraction of sp³-hybridized carbons (Fsp3) is 1.00. The number of halogens is 1. The zero-order valence-electron chi connectivity index (χ0n) is 10.2. The number of hydrogen-bond donors (Lipinski definition) is 0. The second kappa shape index (κ2) is 6.25. The topological polar surface area (TPSA) is 34.1 Å². The molecule has 0 aromatic rings. The van der Waals surface area contributed by atoms with Gasteiger partial charge in [0.1, 0.15) is 0 Å². The van der Waals surface area contributed by atoms with Crippen molar-refractivity contribution in [3.8, 4) is 0 Å². The molecule has 0 aromatic heterocycles. The van der Waals surface area contributed by atoms with Gasteiger partial charge in [0.15, 0.2) is 0 Å². The molecule has 4 heteroatoms. The predicted molar refractivity (Wildman–Crippen MR) is 69.3 cm³/mol. The van der Waals surface area contributed by atoms with Crippen molar-refractivity contribution in [2.75, 3.05) is 0 Å². The van der Waals surface area contributed by atoms with Crippen LogP contribution in [0, 0.1) is 0 Å². The van der Waals surface area contributed by atoms with Gasteiger partial charge in [0.25, 0.3) is 0 Å². The van der Waals surface area contributed by atoms with E-state index in [1.165, 1.54) is 32.1 Å². The first kappa shape index (κ1) is 14.3. The summed E-state index contributed by atoms with van der Waals surface area (Å²) in [6.45, 7) is 2.21. The maximum Gasteiger partial charge on any atom is 0.238 e. The molecular weight excluding hydrogens is 244 g/mol. The molecule has 0 bridgehead atoms. The van der Waals surface area contributed by atoms with Crippen LogP contribution in [0.3, 0.4) is 0 Å². The van der Waals surface area contributed by atoms with Gasteiger partial charge < -0.3 is 0 Å². The minimum atomic E-state index is -3.32. The summed E-state index contributed by atoms with van der Waals surface area (Å²) in [5, 5.41) is 0. The van der Waals surface area contributed by atoms with Crippen LogP contribution in [0.25, 0.3) is 0 Å². The lowest BCUT2D eigenvalue weighted by Crippen LogP contribution is -2.17. The smallest absolute Gasteiger partial charge is 0.212 e. The van der Waals surface area contributed by atoms with Gasteiger partial charge >= 0.3 is 0 Å². The first-order valence-electron chi connectivity index (χ1n) is 6.46. The SMILES string of the molecule is CCCCCCCCCC1(S(=O)(=O)Cl)CC1. The van der Waals surface area contributed by atoms with Crippen LogP contribution in [0.5, 0.6) is 0 Å². The molecule has 0 atom stereocenters. The van der Waals surface area contributed by atoms with Crippen molar-refractivity contribution in [3.05, 3.63) is 0 Å². The van der Waals surface area contributed by atoms with Gasteiger partial charge in [0.2, 0.25) is 9.05 Å². The van der Waals surface area contributed by atoms with Gasteiger partial charge in [-0.25, -0.2) is 8.42 Å². The van der Waals surface area contributed by atoms with Crippen molar-refractivity contribution < 1.29 is 8.42 Å². The monoisotopic (exact) mass is 266 g/mol. The molecule has 1 aliphatic carbocycles. The molecule has 0 saturated heterocycles. The molecule has 0 amide bonds. The zero-order valence-corrected chi connectivity index (χ0v) is 11.7. The van der Waals surface area contributed by atoms with Gasteiger partial charge in [0.05, 0.1) is 4.75 Å². The van der Waals surface area contributed by atoms with Crippen molar-refractivity contribution in [3.63, 3.8) is 0 Å².